The molecule has 0 spiro atoms. The number of hydrogen-bond donors (Lipinski definition) is 1. The Morgan fingerprint density at radius 1 is 1.05 bits per heavy atom. The maximum Gasteiger partial charge on any atom is 0.341 e. The van der Waals surface area contributed by atoms with Gasteiger partial charge >= 0.3 is 12.0 Å². The molecule has 0 fully saturated rings. The highest BCUT2D eigenvalue weighted by Crippen LogP contribution is 2.18. The van der Waals surface area contributed by atoms with Gasteiger partial charge in [-0.3, -0.25) is 0 Å². The third-order valence-electron chi connectivity index (χ3n) is 2.80. The van der Waals surface area contributed by atoms with Gasteiger partial charge in [0.25, 0.3) is 0 Å². The average molecular weight is 281 g/mol. The summed E-state index contributed by atoms with van der Waals surface area (Å²) in [5.74, 6) is -0.501. The van der Waals surface area contributed by atoms with Crippen LogP contribution in [-0.4, -0.2) is 25.8 Å². The molecule has 2 aromatic carbocycles. The molecule has 21 heavy (non-hydrogen) atoms. The Bertz CT molecular complexity index is 751. The fraction of sp³-hybridized carbons (Fsp3) is 0. The molecule has 0 saturated carbocycles. The van der Waals surface area contributed by atoms with E-state index >= 15 is 0 Å². The van der Waals surface area contributed by atoms with Gasteiger partial charge in [-0.2, -0.15) is 4.98 Å². The highest BCUT2D eigenvalue weighted by atomic mass is 16.5. The van der Waals surface area contributed by atoms with Crippen molar-refractivity contribution in [1.82, 2.24) is 14.8 Å². The normalized spacial score (nSPS) is 10.3. The lowest BCUT2D eigenvalue weighted by molar-refractivity contribution is 0.0697. The van der Waals surface area contributed by atoms with Gasteiger partial charge < -0.3 is 9.84 Å². The molecule has 0 saturated heterocycles. The Morgan fingerprint density at radius 3 is 2.43 bits per heavy atom. The molecule has 3 aromatic rings. The summed E-state index contributed by atoms with van der Waals surface area (Å²) in [6.45, 7) is 0. The summed E-state index contributed by atoms with van der Waals surface area (Å²) in [7, 11) is 0. The third-order valence-corrected chi connectivity index (χ3v) is 2.80. The quantitative estimate of drug-likeness (QED) is 0.795. The first-order valence-electron chi connectivity index (χ1n) is 6.21. The number of ether oxygens (including phenoxy) is 1. The van der Waals surface area contributed by atoms with Crippen LogP contribution in [0.4, 0.5) is 0 Å². The van der Waals surface area contributed by atoms with Crippen molar-refractivity contribution < 1.29 is 14.6 Å². The minimum Gasteiger partial charge on any atom is -0.478 e. The second-order valence-electron chi connectivity index (χ2n) is 4.24. The molecule has 1 heterocycles. The van der Waals surface area contributed by atoms with E-state index in [0.717, 1.165) is 5.69 Å². The number of aromatic carboxylic acids is 1. The second kappa shape index (κ2) is 5.46. The number of nitrogens with zero attached hydrogens (tertiary/aromatic N) is 3. The molecule has 0 amide bonds. The van der Waals surface area contributed by atoms with Crippen LogP contribution in [0.15, 0.2) is 60.9 Å². The summed E-state index contributed by atoms with van der Waals surface area (Å²) in [6.07, 6.45) is 1.55. The van der Waals surface area contributed by atoms with Gasteiger partial charge in [0.2, 0.25) is 0 Å². The van der Waals surface area contributed by atoms with Crippen molar-refractivity contribution in [3.05, 3.63) is 66.5 Å². The molecule has 0 bridgehead atoms. The van der Waals surface area contributed by atoms with Crippen molar-refractivity contribution >= 4 is 5.97 Å². The summed E-state index contributed by atoms with van der Waals surface area (Å²) < 4.78 is 7.08. The number of carbonyl (C=O) groups is 1. The zero-order chi connectivity index (χ0) is 14.7. The van der Waals surface area contributed by atoms with E-state index in [1.54, 1.807) is 23.1 Å². The van der Waals surface area contributed by atoms with E-state index in [4.69, 9.17) is 9.84 Å². The van der Waals surface area contributed by atoms with Gasteiger partial charge in [-0.25, -0.2) is 9.48 Å². The van der Waals surface area contributed by atoms with Crippen molar-refractivity contribution in [3.8, 4) is 17.4 Å². The number of para-hydroxylation sites is 1. The fourth-order valence-electron chi connectivity index (χ4n) is 1.77. The lowest BCUT2D eigenvalue weighted by Gasteiger charge is -2.01. The number of aromatic nitrogens is 3. The summed E-state index contributed by atoms with van der Waals surface area (Å²) in [4.78, 5) is 14.8. The van der Waals surface area contributed by atoms with Gasteiger partial charge in [-0.15, -0.1) is 5.10 Å². The smallest absolute Gasteiger partial charge is 0.341 e. The van der Waals surface area contributed by atoms with E-state index < -0.39 is 5.97 Å². The van der Waals surface area contributed by atoms with Gasteiger partial charge in [0, 0.05) is 0 Å². The Kier molecular flexibility index (Phi) is 3.34. The Labute approximate surface area is 120 Å². The highest BCUT2D eigenvalue weighted by Gasteiger charge is 2.06. The molecule has 3 rings (SSSR count). The summed E-state index contributed by atoms with van der Waals surface area (Å²) >= 11 is 0. The topological polar surface area (TPSA) is 77.2 Å². The van der Waals surface area contributed by atoms with Gasteiger partial charge in [-0.05, 0) is 36.4 Å². The van der Waals surface area contributed by atoms with Crippen molar-refractivity contribution in [2.24, 2.45) is 0 Å². The summed E-state index contributed by atoms with van der Waals surface area (Å²) in [6, 6.07) is 15.8. The largest absolute Gasteiger partial charge is 0.478 e. The molecule has 0 radical (unpaired) electrons. The Hall–Kier alpha value is -3.15. The second-order valence-corrected chi connectivity index (χ2v) is 4.24. The van der Waals surface area contributed by atoms with Crippen LogP contribution in [0.5, 0.6) is 11.8 Å². The Balaban J connectivity index is 1.77. The molecule has 104 valence electrons. The molecule has 0 aliphatic heterocycles. The SMILES string of the molecule is O=C(O)c1ccc(Oc2ncn(-c3ccccc3)n2)cc1. The maximum absolute atomic E-state index is 10.8. The molecule has 0 atom stereocenters. The summed E-state index contributed by atoms with van der Waals surface area (Å²) in [5, 5.41) is 13.0. The lowest BCUT2D eigenvalue weighted by atomic mass is 10.2. The van der Waals surface area contributed by atoms with Crippen LogP contribution in [0.25, 0.3) is 5.69 Å². The first kappa shape index (κ1) is 12.9. The van der Waals surface area contributed by atoms with E-state index in [1.807, 2.05) is 30.3 Å². The molecule has 1 N–H and O–H groups in total. The minimum atomic E-state index is -0.979. The molecule has 0 aliphatic rings. The number of carboxylic acid groups (broad SMARTS) is 1. The highest BCUT2D eigenvalue weighted by molar-refractivity contribution is 5.87. The van der Waals surface area contributed by atoms with Crippen LogP contribution in [0, 0.1) is 0 Å². The molecule has 6 heteroatoms. The number of hydrogen-bond acceptors (Lipinski definition) is 4. The molecule has 0 aliphatic carbocycles. The standard InChI is InChI=1S/C15H11N3O3/c19-14(20)11-6-8-13(9-7-11)21-15-16-10-18(17-15)12-4-2-1-3-5-12/h1-10H,(H,19,20). The third kappa shape index (κ3) is 2.89. The molecule has 0 unspecified atom stereocenters. The van der Waals surface area contributed by atoms with Crippen LogP contribution in [0.1, 0.15) is 10.4 Å². The van der Waals surface area contributed by atoms with Crippen LogP contribution in [0.2, 0.25) is 0 Å². The molecular formula is C15H11N3O3. The zero-order valence-electron chi connectivity index (χ0n) is 10.9. The Morgan fingerprint density at radius 2 is 1.76 bits per heavy atom. The van der Waals surface area contributed by atoms with E-state index in [-0.39, 0.29) is 11.6 Å². The zero-order valence-corrected chi connectivity index (χ0v) is 10.9. The van der Waals surface area contributed by atoms with Crippen LogP contribution in [0.3, 0.4) is 0 Å². The van der Waals surface area contributed by atoms with Gasteiger partial charge in [0.1, 0.15) is 12.1 Å². The van der Waals surface area contributed by atoms with Crippen molar-refractivity contribution in [3.63, 3.8) is 0 Å². The average Bonchev–Trinajstić information content (AvgIpc) is 2.97. The molecular weight excluding hydrogens is 270 g/mol. The molecule has 6 nitrogen and oxygen atoms in total. The first-order chi connectivity index (χ1) is 10.2. The van der Waals surface area contributed by atoms with E-state index in [0.29, 0.717) is 5.75 Å². The van der Waals surface area contributed by atoms with Crippen molar-refractivity contribution in [2.75, 3.05) is 0 Å². The molecule has 1 aromatic heterocycles. The first-order valence-corrected chi connectivity index (χ1v) is 6.21. The van der Waals surface area contributed by atoms with Gasteiger partial charge in [-0.1, -0.05) is 18.2 Å². The lowest BCUT2D eigenvalue weighted by Crippen LogP contribution is -1.96. The van der Waals surface area contributed by atoms with Crippen LogP contribution < -0.4 is 4.74 Å². The number of benzene rings is 2. The van der Waals surface area contributed by atoms with Crippen molar-refractivity contribution in [2.45, 2.75) is 0 Å². The predicted octanol–water partition coefficient (Wildman–Crippen LogP) is 2.76. The number of rotatable bonds is 4. The van der Waals surface area contributed by atoms with E-state index in [9.17, 15) is 4.79 Å². The number of carboxylic acids is 1. The van der Waals surface area contributed by atoms with Gasteiger partial charge in [0.05, 0.1) is 11.3 Å². The fourth-order valence-corrected chi connectivity index (χ4v) is 1.77. The monoisotopic (exact) mass is 281 g/mol. The van der Waals surface area contributed by atoms with Gasteiger partial charge in [0.15, 0.2) is 0 Å². The maximum atomic E-state index is 10.8. The predicted molar refractivity (Wildman–Crippen MR) is 74.8 cm³/mol. The van der Waals surface area contributed by atoms with Crippen LogP contribution >= 0.6 is 0 Å². The van der Waals surface area contributed by atoms with Crippen molar-refractivity contribution in [1.29, 1.82) is 0 Å². The van der Waals surface area contributed by atoms with E-state index in [1.165, 1.54) is 12.1 Å². The van der Waals surface area contributed by atoms with E-state index in [2.05, 4.69) is 10.1 Å². The summed E-state index contributed by atoms with van der Waals surface area (Å²) in [5.41, 5.74) is 1.08. The minimum absolute atomic E-state index is 0.196. The van der Waals surface area contributed by atoms with Crippen LogP contribution in [-0.2, 0) is 0 Å².